The zero-order chi connectivity index (χ0) is 13.9. The van der Waals surface area contributed by atoms with E-state index in [9.17, 15) is 0 Å². The quantitative estimate of drug-likeness (QED) is 0.831. The first-order valence-corrected chi connectivity index (χ1v) is 7.75. The van der Waals surface area contributed by atoms with Gasteiger partial charge in [0.1, 0.15) is 0 Å². The van der Waals surface area contributed by atoms with Crippen molar-refractivity contribution in [1.82, 2.24) is 5.32 Å². The van der Waals surface area contributed by atoms with E-state index in [1.807, 2.05) is 0 Å². The second-order valence-electron chi connectivity index (χ2n) is 7.17. The van der Waals surface area contributed by atoms with E-state index in [1.165, 1.54) is 36.8 Å². The maximum atomic E-state index is 3.49. The van der Waals surface area contributed by atoms with Gasteiger partial charge in [0.25, 0.3) is 0 Å². The summed E-state index contributed by atoms with van der Waals surface area (Å²) in [5.41, 5.74) is 3.15. The predicted octanol–water partition coefficient (Wildman–Crippen LogP) is 4.30. The molecular formula is C18H29N. The van der Waals surface area contributed by atoms with E-state index in [0.717, 1.165) is 12.3 Å². The van der Waals surface area contributed by atoms with Gasteiger partial charge in [0, 0.05) is 6.04 Å². The minimum Gasteiger partial charge on any atom is -0.317 e. The van der Waals surface area contributed by atoms with Crippen molar-refractivity contribution in [2.75, 3.05) is 7.05 Å². The molecule has 1 aliphatic carbocycles. The lowest BCUT2D eigenvalue weighted by Gasteiger charge is -2.29. The van der Waals surface area contributed by atoms with Gasteiger partial charge in [-0.2, -0.15) is 0 Å². The van der Waals surface area contributed by atoms with Crippen molar-refractivity contribution in [3.63, 3.8) is 0 Å². The molecule has 1 N–H and O–H groups in total. The second kappa shape index (κ2) is 6.09. The third-order valence-electron chi connectivity index (χ3n) is 4.55. The minimum absolute atomic E-state index is 0.257. The molecule has 19 heavy (non-hydrogen) atoms. The van der Waals surface area contributed by atoms with Crippen LogP contribution in [0.15, 0.2) is 24.3 Å². The molecular weight excluding hydrogens is 230 g/mol. The summed E-state index contributed by atoms with van der Waals surface area (Å²) in [6, 6.07) is 9.86. The Morgan fingerprint density at radius 2 is 1.79 bits per heavy atom. The van der Waals surface area contributed by atoms with Crippen LogP contribution in [0.5, 0.6) is 0 Å². The maximum absolute atomic E-state index is 3.49. The fourth-order valence-electron chi connectivity index (χ4n) is 2.86. The van der Waals surface area contributed by atoms with Crippen LogP contribution in [-0.4, -0.2) is 13.1 Å². The summed E-state index contributed by atoms with van der Waals surface area (Å²) in [6.45, 7) is 6.82. The van der Waals surface area contributed by atoms with Crippen molar-refractivity contribution in [1.29, 1.82) is 0 Å². The molecule has 0 heterocycles. The molecule has 1 nitrogen and oxygen atoms in total. The zero-order valence-corrected chi connectivity index (χ0v) is 13.0. The van der Waals surface area contributed by atoms with Crippen LogP contribution < -0.4 is 5.32 Å². The Kier molecular flexibility index (Phi) is 4.67. The van der Waals surface area contributed by atoms with Crippen LogP contribution in [0.25, 0.3) is 0 Å². The monoisotopic (exact) mass is 259 g/mol. The van der Waals surface area contributed by atoms with Gasteiger partial charge in [0.05, 0.1) is 0 Å². The van der Waals surface area contributed by atoms with Gasteiger partial charge in [-0.05, 0) is 42.3 Å². The standard InChI is InChI=1S/C18H29N/c1-18(2,3)16-10-8-15(9-11-16)13-17(19-4)12-14-6-5-7-14/h8-11,14,17,19H,5-7,12-13H2,1-4H3. The Balaban J connectivity index is 1.93. The highest BCUT2D eigenvalue weighted by Crippen LogP contribution is 2.31. The third kappa shape index (κ3) is 4.07. The molecule has 0 aliphatic heterocycles. The second-order valence-corrected chi connectivity index (χ2v) is 7.17. The van der Waals surface area contributed by atoms with Crippen molar-refractivity contribution in [2.45, 2.75) is 64.3 Å². The molecule has 1 aromatic rings. The van der Waals surface area contributed by atoms with Crippen molar-refractivity contribution in [3.05, 3.63) is 35.4 Å². The lowest BCUT2D eigenvalue weighted by Crippen LogP contribution is -2.32. The maximum Gasteiger partial charge on any atom is 0.0107 e. The van der Waals surface area contributed by atoms with Crippen molar-refractivity contribution >= 4 is 0 Å². The molecule has 1 aliphatic rings. The van der Waals surface area contributed by atoms with Crippen molar-refractivity contribution in [2.24, 2.45) is 5.92 Å². The third-order valence-corrected chi connectivity index (χ3v) is 4.55. The molecule has 0 spiro atoms. The fourth-order valence-corrected chi connectivity index (χ4v) is 2.86. The Hall–Kier alpha value is -0.820. The van der Waals surface area contributed by atoms with Gasteiger partial charge >= 0.3 is 0 Å². The summed E-state index contributed by atoms with van der Waals surface area (Å²) in [7, 11) is 2.10. The van der Waals surface area contributed by atoms with E-state index in [0.29, 0.717) is 6.04 Å². The number of benzene rings is 1. The van der Waals surface area contributed by atoms with E-state index >= 15 is 0 Å². The molecule has 0 radical (unpaired) electrons. The summed E-state index contributed by atoms with van der Waals surface area (Å²) < 4.78 is 0. The molecule has 1 fully saturated rings. The first-order chi connectivity index (χ1) is 8.99. The van der Waals surface area contributed by atoms with Crippen LogP contribution in [0.2, 0.25) is 0 Å². The van der Waals surface area contributed by atoms with E-state index in [2.05, 4.69) is 57.4 Å². The lowest BCUT2D eigenvalue weighted by molar-refractivity contribution is 0.263. The molecule has 1 atom stereocenters. The molecule has 0 saturated heterocycles. The van der Waals surface area contributed by atoms with Gasteiger partial charge in [0.15, 0.2) is 0 Å². The summed E-state index contributed by atoms with van der Waals surface area (Å²) >= 11 is 0. The van der Waals surface area contributed by atoms with E-state index in [1.54, 1.807) is 0 Å². The number of likely N-dealkylation sites (N-methyl/N-ethyl adjacent to an activating group) is 1. The molecule has 1 aromatic carbocycles. The van der Waals surface area contributed by atoms with Crippen LogP contribution in [0.3, 0.4) is 0 Å². The van der Waals surface area contributed by atoms with Crippen LogP contribution in [0.1, 0.15) is 57.6 Å². The first kappa shape index (κ1) is 14.6. The molecule has 0 amide bonds. The number of rotatable bonds is 5. The fraction of sp³-hybridized carbons (Fsp3) is 0.667. The normalized spacial score (nSPS) is 18.1. The smallest absolute Gasteiger partial charge is 0.0107 e. The van der Waals surface area contributed by atoms with Crippen molar-refractivity contribution in [3.8, 4) is 0 Å². The molecule has 0 bridgehead atoms. The average Bonchev–Trinajstić information content (AvgIpc) is 2.31. The Morgan fingerprint density at radius 3 is 2.21 bits per heavy atom. The van der Waals surface area contributed by atoms with Crippen LogP contribution in [0, 0.1) is 5.92 Å². The topological polar surface area (TPSA) is 12.0 Å². The van der Waals surface area contributed by atoms with Gasteiger partial charge in [-0.1, -0.05) is 64.3 Å². The number of hydrogen-bond acceptors (Lipinski definition) is 1. The number of nitrogens with one attached hydrogen (secondary N) is 1. The van der Waals surface area contributed by atoms with E-state index in [4.69, 9.17) is 0 Å². The van der Waals surface area contributed by atoms with Crippen LogP contribution in [0.4, 0.5) is 0 Å². The Labute approximate surface area is 118 Å². The average molecular weight is 259 g/mol. The van der Waals surface area contributed by atoms with Gasteiger partial charge in [-0.25, -0.2) is 0 Å². The first-order valence-electron chi connectivity index (χ1n) is 7.75. The highest BCUT2D eigenvalue weighted by molar-refractivity contribution is 5.28. The SMILES string of the molecule is CNC(Cc1ccc(C(C)(C)C)cc1)CC1CCC1. The highest BCUT2D eigenvalue weighted by Gasteiger charge is 2.21. The molecule has 1 heteroatoms. The van der Waals surface area contributed by atoms with E-state index in [-0.39, 0.29) is 5.41 Å². The van der Waals surface area contributed by atoms with Gasteiger partial charge in [-0.15, -0.1) is 0 Å². The largest absolute Gasteiger partial charge is 0.317 e. The van der Waals surface area contributed by atoms with E-state index < -0.39 is 0 Å². The van der Waals surface area contributed by atoms with Gasteiger partial charge < -0.3 is 5.32 Å². The lowest BCUT2D eigenvalue weighted by atomic mass is 9.79. The van der Waals surface area contributed by atoms with Gasteiger partial charge in [-0.3, -0.25) is 0 Å². The number of hydrogen-bond donors (Lipinski definition) is 1. The van der Waals surface area contributed by atoms with Crippen molar-refractivity contribution < 1.29 is 0 Å². The molecule has 106 valence electrons. The molecule has 1 saturated carbocycles. The highest BCUT2D eigenvalue weighted by atomic mass is 14.9. The minimum atomic E-state index is 0.257. The Bertz CT molecular complexity index is 381. The summed E-state index contributed by atoms with van der Waals surface area (Å²) in [5, 5.41) is 3.49. The predicted molar refractivity (Wildman–Crippen MR) is 83.7 cm³/mol. The zero-order valence-electron chi connectivity index (χ0n) is 13.0. The summed E-state index contributed by atoms with van der Waals surface area (Å²) in [4.78, 5) is 0. The van der Waals surface area contributed by atoms with Crippen LogP contribution in [-0.2, 0) is 11.8 Å². The Morgan fingerprint density at radius 1 is 1.16 bits per heavy atom. The van der Waals surface area contributed by atoms with Gasteiger partial charge in [0.2, 0.25) is 0 Å². The molecule has 1 unspecified atom stereocenters. The summed E-state index contributed by atoms with van der Waals surface area (Å²) in [6.07, 6.45) is 6.85. The summed E-state index contributed by atoms with van der Waals surface area (Å²) in [5.74, 6) is 0.978. The van der Waals surface area contributed by atoms with Crippen LogP contribution >= 0.6 is 0 Å². The molecule has 0 aromatic heterocycles. The molecule has 2 rings (SSSR count).